The number of hydrogen-bond acceptors (Lipinski definition) is 5. The molecule has 7 heteroatoms. The minimum Gasteiger partial charge on any atom is -0.496 e. The minimum absolute atomic E-state index is 0.0495. The quantitative estimate of drug-likeness (QED) is 0.488. The van der Waals surface area contributed by atoms with E-state index in [9.17, 15) is 9.59 Å². The smallest absolute Gasteiger partial charge is 0.257 e. The molecule has 1 aromatic heterocycles. The first-order chi connectivity index (χ1) is 17.8. The summed E-state index contributed by atoms with van der Waals surface area (Å²) in [5.41, 5.74) is 5.05. The Hall–Kier alpha value is -3.87. The number of amides is 2. The normalized spacial score (nSPS) is 20.4. The van der Waals surface area contributed by atoms with Crippen LogP contribution in [0, 0.1) is 20.8 Å². The third-order valence-electron chi connectivity index (χ3n) is 7.57. The molecular weight excluding hydrogens is 464 g/mol. The van der Waals surface area contributed by atoms with Crippen molar-refractivity contribution in [3.63, 3.8) is 0 Å². The van der Waals surface area contributed by atoms with Gasteiger partial charge in [0.05, 0.1) is 12.7 Å². The molecule has 0 radical (unpaired) electrons. The number of nitrogens with zero attached hydrogens (tertiary/aromatic N) is 2. The lowest BCUT2D eigenvalue weighted by atomic mass is 9.96. The Morgan fingerprint density at radius 1 is 0.946 bits per heavy atom. The number of carbonyl (C=O) groups is 2. The number of fused-ring (bicyclic) bond motifs is 2. The number of nitrogens with one attached hydrogen (secondary N) is 2. The number of piperidine rings is 1. The van der Waals surface area contributed by atoms with Crippen LogP contribution in [0.5, 0.6) is 5.75 Å². The highest BCUT2D eigenvalue weighted by Crippen LogP contribution is 2.38. The number of aryl methyl sites for hydroxylation is 2. The number of carbonyl (C=O) groups excluding carboxylic acids is 2. The molecule has 192 valence electrons. The molecule has 2 N–H and O–H groups in total. The third-order valence-corrected chi connectivity index (χ3v) is 7.57. The maximum Gasteiger partial charge on any atom is 0.257 e. The number of ether oxygens (including phenoxy) is 1. The van der Waals surface area contributed by atoms with Crippen molar-refractivity contribution in [2.24, 2.45) is 0 Å². The zero-order chi connectivity index (χ0) is 26.1. The van der Waals surface area contributed by atoms with Gasteiger partial charge in [-0.3, -0.25) is 9.59 Å². The van der Waals surface area contributed by atoms with Crippen LogP contribution in [0.2, 0.25) is 0 Å². The van der Waals surface area contributed by atoms with Crippen LogP contribution in [0.1, 0.15) is 63.1 Å². The predicted molar refractivity (Wildman–Crippen MR) is 146 cm³/mol. The number of hydrogen-bond donors (Lipinski definition) is 2. The lowest BCUT2D eigenvalue weighted by Crippen LogP contribution is -2.50. The fourth-order valence-corrected chi connectivity index (χ4v) is 5.94. The molecule has 3 atom stereocenters. The lowest BCUT2D eigenvalue weighted by molar-refractivity contribution is 0.0925. The highest BCUT2D eigenvalue weighted by Gasteiger charge is 2.42. The first-order valence-electron chi connectivity index (χ1n) is 12.9. The van der Waals surface area contributed by atoms with Crippen molar-refractivity contribution in [2.45, 2.75) is 64.6 Å². The second-order valence-corrected chi connectivity index (χ2v) is 10.3. The van der Waals surface area contributed by atoms with E-state index in [1.165, 1.54) is 0 Å². The Bertz CT molecular complexity index is 1290. The molecule has 0 aliphatic carbocycles. The fraction of sp³-hybridized carbons (Fsp3) is 0.367. The van der Waals surface area contributed by atoms with Crippen LogP contribution in [0.25, 0.3) is 0 Å². The van der Waals surface area contributed by atoms with Crippen LogP contribution in [0.3, 0.4) is 0 Å². The van der Waals surface area contributed by atoms with Gasteiger partial charge >= 0.3 is 0 Å². The fourth-order valence-electron chi connectivity index (χ4n) is 5.94. The largest absolute Gasteiger partial charge is 0.496 e. The van der Waals surface area contributed by atoms with Gasteiger partial charge in [-0.1, -0.05) is 12.1 Å². The van der Waals surface area contributed by atoms with Crippen molar-refractivity contribution in [2.75, 3.05) is 17.3 Å². The van der Waals surface area contributed by atoms with Crippen LogP contribution in [0.15, 0.2) is 54.7 Å². The van der Waals surface area contributed by atoms with Gasteiger partial charge < -0.3 is 20.3 Å². The summed E-state index contributed by atoms with van der Waals surface area (Å²) >= 11 is 0. The molecular formula is C30H34N4O3. The van der Waals surface area contributed by atoms with Gasteiger partial charge in [0, 0.05) is 41.1 Å². The number of anilines is 2. The molecule has 37 heavy (non-hydrogen) atoms. The molecule has 5 rings (SSSR count). The molecule has 0 spiro atoms. The molecule has 0 unspecified atom stereocenters. The van der Waals surface area contributed by atoms with E-state index >= 15 is 0 Å². The Morgan fingerprint density at radius 2 is 1.65 bits per heavy atom. The highest BCUT2D eigenvalue weighted by molar-refractivity contribution is 6.04. The van der Waals surface area contributed by atoms with Gasteiger partial charge in [-0.2, -0.15) is 0 Å². The van der Waals surface area contributed by atoms with E-state index in [4.69, 9.17) is 4.74 Å². The number of rotatable bonds is 6. The lowest BCUT2D eigenvalue weighted by Gasteiger charge is -2.40. The van der Waals surface area contributed by atoms with Crippen molar-refractivity contribution in [3.8, 4) is 5.75 Å². The summed E-state index contributed by atoms with van der Waals surface area (Å²) in [6.07, 6.45) is 5.56. The van der Waals surface area contributed by atoms with Crippen LogP contribution in [0.4, 0.5) is 11.5 Å². The Morgan fingerprint density at radius 3 is 2.27 bits per heavy atom. The van der Waals surface area contributed by atoms with E-state index in [0.29, 0.717) is 23.2 Å². The van der Waals surface area contributed by atoms with Crippen LogP contribution in [-0.4, -0.2) is 42.0 Å². The van der Waals surface area contributed by atoms with Crippen LogP contribution in [-0.2, 0) is 0 Å². The van der Waals surface area contributed by atoms with Gasteiger partial charge in [-0.25, -0.2) is 4.98 Å². The molecule has 7 nitrogen and oxygen atoms in total. The first-order valence-corrected chi connectivity index (χ1v) is 12.9. The number of pyridine rings is 1. The van der Waals surface area contributed by atoms with Gasteiger partial charge in [-0.15, -0.1) is 0 Å². The summed E-state index contributed by atoms with van der Waals surface area (Å²) in [4.78, 5) is 32.9. The Balaban J connectivity index is 1.23. The summed E-state index contributed by atoms with van der Waals surface area (Å²) in [6.45, 7) is 5.95. The average molecular weight is 499 g/mol. The van der Waals surface area contributed by atoms with Crippen molar-refractivity contribution in [1.29, 1.82) is 0 Å². The molecule has 2 aliphatic heterocycles. The van der Waals surface area contributed by atoms with Gasteiger partial charge in [-0.05, 0) is 94.0 Å². The van der Waals surface area contributed by atoms with Crippen molar-refractivity contribution in [3.05, 3.63) is 82.5 Å². The zero-order valence-electron chi connectivity index (χ0n) is 21.9. The summed E-state index contributed by atoms with van der Waals surface area (Å²) in [5.74, 6) is 1.40. The zero-order valence-corrected chi connectivity index (χ0v) is 21.9. The number of benzene rings is 2. The summed E-state index contributed by atoms with van der Waals surface area (Å²) in [7, 11) is 1.62. The molecule has 0 saturated carbocycles. The molecule has 2 fully saturated rings. The van der Waals surface area contributed by atoms with E-state index in [1.807, 2.05) is 63.2 Å². The minimum atomic E-state index is -0.165. The molecule has 2 bridgehead atoms. The van der Waals surface area contributed by atoms with Crippen molar-refractivity contribution < 1.29 is 14.3 Å². The number of methoxy groups -OCH3 is 1. The second-order valence-electron chi connectivity index (χ2n) is 10.3. The van der Waals surface area contributed by atoms with Crippen molar-refractivity contribution >= 4 is 23.3 Å². The highest BCUT2D eigenvalue weighted by atomic mass is 16.5. The average Bonchev–Trinajstić information content (AvgIpc) is 3.13. The molecule has 2 aliphatic rings. The Kier molecular flexibility index (Phi) is 6.87. The summed E-state index contributed by atoms with van der Waals surface area (Å²) in [5, 5.41) is 6.24. The maximum absolute atomic E-state index is 13.0. The topological polar surface area (TPSA) is 83.6 Å². The second kappa shape index (κ2) is 10.2. The molecule has 2 amide bonds. The predicted octanol–water partition coefficient (Wildman–Crippen LogP) is 5.20. The Labute approximate surface area is 218 Å². The maximum atomic E-state index is 13.0. The molecule has 3 heterocycles. The van der Waals surface area contributed by atoms with Gasteiger partial charge in [0.2, 0.25) is 0 Å². The van der Waals surface area contributed by atoms with E-state index in [-0.39, 0.29) is 17.9 Å². The summed E-state index contributed by atoms with van der Waals surface area (Å²) in [6, 6.07) is 16.1. The van der Waals surface area contributed by atoms with E-state index in [0.717, 1.165) is 59.6 Å². The van der Waals surface area contributed by atoms with Gasteiger partial charge in [0.1, 0.15) is 11.6 Å². The van der Waals surface area contributed by atoms with Crippen LogP contribution >= 0.6 is 0 Å². The van der Waals surface area contributed by atoms with E-state index < -0.39 is 0 Å². The van der Waals surface area contributed by atoms with Gasteiger partial charge in [0.25, 0.3) is 11.8 Å². The van der Waals surface area contributed by atoms with Crippen molar-refractivity contribution in [1.82, 2.24) is 10.3 Å². The number of aromatic nitrogens is 1. The summed E-state index contributed by atoms with van der Waals surface area (Å²) < 4.78 is 5.38. The molecule has 2 aromatic carbocycles. The van der Waals surface area contributed by atoms with Crippen LogP contribution < -0.4 is 20.3 Å². The standard InChI is InChI=1S/C30H34N4O3/c1-18-12-19(2)14-22(13-18)32-29(35)21-8-11-28(31-17-21)34-24-9-10-25(34)16-23(15-24)33-30(36)26-6-5-7-27(37-4)20(26)3/h5-8,11-14,17,23-25H,9-10,15-16H2,1-4H3,(H,32,35)(H,33,36)/t23-,24+,25-. The molecule has 2 saturated heterocycles. The first kappa shape index (κ1) is 24.8. The SMILES string of the molecule is COc1cccc(C(=O)N[C@H]2C[C@H]3CC[C@@H](C2)N3c2ccc(C(=O)Nc3cc(C)cc(C)c3)cn2)c1C. The van der Waals surface area contributed by atoms with E-state index in [1.54, 1.807) is 13.3 Å². The monoisotopic (exact) mass is 498 g/mol. The molecule has 3 aromatic rings. The third kappa shape index (κ3) is 5.17. The van der Waals surface area contributed by atoms with E-state index in [2.05, 4.69) is 26.6 Å². The van der Waals surface area contributed by atoms with Gasteiger partial charge in [0.15, 0.2) is 0 Å².